The van der Waals surface area contributed by atoms with Gasteiger partial charge in [-0.1, -0.05) is 6.92 Å². The van der Waals surface area contributed by atoms with Gasteiger partial charge in [-0.15, -0.1) is 0 Å². The predicted molar refractivity (Wildman–Crippen MR) is 122 cm³/mol. The first-order valence-corrected chi connectivity index (χ1v) is 10.6. The number of carbonyl (C=O) groups excluding carboxylic acids is 3. The lowest BCUT2D eigenvalue weighted by Gasteiger charge is -2.20. The van der Waals surface area contributed by atoms with Crippen molar-refractivity contribution in [1.82, 2.24) is 0 Å². The van der Waals surface area contributed by atoms with Crippen LogP contribution in [0.2, 0.25) is 0 Å². The first-order valence-electron chi connectivity index (χ1n) is 10.6. The van der Waals surface area contributed by atoms with E-state index in [0.717, 1.165) is 6.42 Å². The molecule has 9 nitrogen and oxygen atoms in total. The summed E-state index contributed by atoms with van der Waals surface area (Å²) in [5, 5.41) is 2.81. The lowest BCUT2D eigenvalue weighted by molar-refractivity contribution is -0.122. The van der Waals surface area contributed by atoms with Crippen molar-refractivity contribution in [2.24, 2.45) is 5.92 Å². The SMILES string of the molecule is CCCOC(=O)c1ccc(NC(=O)C2CC(=O)N(c3cc(OC)c(OC)c(OC)c3)C2)cc1. The van der Waals surface area contributed by atoms with Gasteiger partial charge in [0.1, 0.15) is 0 Å². The molecular formula is C24H28N2O7. The van der Waals surface area contributed by atoms with E-state index in [4.69, 9.17) is 18.9 Å². The average Bonchev–Trinajstić information content (AvgIpc) is 3.23. The summed E-state index contributed by atoms with van der Waals surface area (Å²) < 4.78 is 21.1. The average molecular weight is 456 g/mol. The molecule has 2 aromatic carbocycles. The molecule has 1 saturated heterocycles. The molecule has 1 aliphatic rings. The van der Waals surface area contributed by atoms with Crippen molar-refractivity contribution in [2.45, 2.75) is 19.8 Å². The molecule has 0 aliphatic carbocycles. The van der Waals surface area contributed by atoms with Crippen LogP contribution in [0.5, 0.6) is 17.2 Å². The molecule has 0 bridgehead atoms. The molecule has 2 amide bonds. The van der Waals surface area contributed by atoms with E-state index in [-0.39, 0.29) is 24.8 Å². The van der Waals surface area contributed by atoms with E-state index in [9.17, 15) is 14.4 Å². The summed E-state index contributed by atoms with van der Waals surface area (Å²) in [5.41, 5.74) is 1.50. The first-order chi connectivity index (χ1) is 15.9. The molecule has 1 N–H and O–H groups in total. The fourth-order valence-electron chi connectivity index (χ4n) is 3.57. The number of amides is 2. The standard InChI is InChI=1S/C24H28N2O7/c1-5-10-33-24(29)15-6-8-17(9-7-15)25-23(28)16-11-21(27)26(14-16)18-12-19(30-2)22(32-4)20(13-18)31-3/h6-9,12-13,16H,5,10-11,14H2,1-4H3,(H,25,28). The molecule has 176 valence electrons. The van der Waals surface area contributed by atoms with Gasteiger partial charge in [0.25, 0.3) is 0 Å². The zero-order chi connectivity index (χ0) is 24.0. The second kappa shape index (κ2) is 10.7. The van der Waals surface area contributed by atoms with Crippen LogP contribution in [-0.4, -0.2) is 52.3 Å². The maximum Gasteiger partial charge on any atom is 0.338 e. The Kier molecular flexibility index (Phi) is 7.76. The van der Waals surface area contributed by atoms with Crippen LogP contribution in [0, 0.1) is 5.92 Å². The molecule has 3 rings (SSSR count). The van der Waals surface area contributed by atoms with Crippen molar-refractivity contribution in [1.29, 1.82) is 0 Å². The summed E-state index contributed by atoms with van der Waals surface area (Å²) in [6.07, 6.45) is 0.816. The molecule has 1 heterocycles. The number of anilines is 2. The Morgan fingerprint density at radius 3 is 2.21 bits per heavy atom. The van der Waals surface area contributed by atoms with Gasteiger partial charge in [0, 0.05) is 30.8 Å². The number of methoxy groups -OCH3 is 3. The number of hydrogen-bond donors (Lipinski definition) is 1. The van der Waals surface area contributed by atoms with Gasteiger partial charge in [0.2, 0.25) is 17.6 Å². The second-order valence-corrected chi connectivity index (χ2v) is 7.49. The lowest BCUT2D eigenvalue weighted by atomic mass is 10.1. The third-order valence-electron chi connectivity index (χ3n) is 5.28. The van der Waals surface area contributed by atoms with Crippen molar-refractivity contribution < 1.29 is 33.3 Å². The van der Waals surface area contributed by atoms with Crippen LogP contribution in [-0.2, 0) is 14.3 Å². The molecular weight excluding hydrogens is 428 g/mol. The summed E-state index contributed by atoms with van der Waals surface area (Å²) in [6.45, 7) is 2.49. The number of benzene rings is 2. The largest absolute Gasteiger partial charge is 0.493 e. The van der Waals surface area contributed by atoms with Gasteiger partial charge in [0.15, 0.2) is 11.5 Å². The molecule has 1 fully saturated rings. The Hall–Kier alpha value is -3.75. The summed E-state index contributed by atoms with van der Waals surface area (Å²) in [7, 11) is 4.50. The maximum atomic E-state index is 12.8. The molecule has 1 unspecified atom stereocenters. The lowest BCUT2D eigenvalue weighted by Crippen LogP contribution is -2.28. The summed E-state index contributed by atoms with van der Waals surface area (Å²) in [4.78, 5) is 38.9. The predicted octanol–water partition coefficient (Wildman–Crippen LogP) is 3.27. The maximum absolute atomic E-state index is 12.8. The number of nitrogens with zero attached hydrogens (tertiary/aromatic N) is 1. The van der Waals surface area contributed by atoms with E-state index >= 15 is 0 Å². The molecule has 2 aromatic rings. The summed E-state index contributed by atoms with van der Waals surface area (Å²) >= 11 is 0. The molecule has 0 radical (unpaired) electrons. The van der Waals surface area contributed by atoms with E-state index in [1.54, 1.807) is 36.4 Å². The van der Waals surface area contributed by atoms with Crippen molar-refractivity contribution in [3.05, 3.63) is 42.0 Å². The van der Waals surface area contributed by atoms with Crippen LogP contribution in [0.25, 0.3) is 0 Å². The van der Waals surface area contributed by atoms with E-state index in [1.807, 2.05) is 6.92 Å². The fraction of sp³-hybridized carbons (Fsp3) is 0.375. The molecule has 0 aromatic heterocycles. The smallest absolute Gasteiger partial charge is 0.338 e. The molecule has 0 saturated carbocycles. The quantitative estimate of drug-likeness (QED) is 0.578. The molecule has 0 spiro atoms. The van der Waals surface area contributed by atoms with Crippen LogP contribution in [0.1, 0.15) is 30.1 Å². The number of hydrogen-bond acceptors (Lipinski definition) is 7. The molecule has 1 aliphatic heterocycles. The van der Waals surface area contributed by atoms with Gasteiger partial charge in [-0.2, -0.15) is 0 Å². The minimum Gasteiger partial charge on any atom is -0.493 e. The Morgan fingerprint density at radius 1 is 1.03 bits per heavy atom. The number of nitrogens with one attached hydrogen (secondary N) is 1. The van der Waals surface area contributed by atoms with Gasteiger partial charge in [-0.25, -0.2) is 4.79 Å². The van der Waals surface area contributed by atoms with Crippen molar-refractivity contribution in [3.8, 4) is 17.2 Å². The molecule has 33 heavy (non-hydrogen) atoms. The highest BCUT2D eigenvalue weighted by Crippen LogP contribution is 2.42. The van der Waals surface area contributed by atoms with E-state index in [2.05, 4.69) is 5.32 Å². The Bertz CT molecular complexity index is 995. The summed E-state index contributed by atoms with van der Waals surface area (Å²) in [5.74, 6) is -0.136. The Labute approximate surface area is 192 Å². The van der Waals surface area contributed by atoms with E-state index in [0.29, 0.717) is 40.8 Å². The van der Waals surface area contributed by atoms with Gasteiger partial charge in [0.05, 0.1) is 45.1 Å². The third-order valence-corrected chi connectivity index (χ3v) is 5.28. The molecule has 9 heteroatoms. The van der Waals surface area contributed by atoms with Crippen molar-refractivity contribution in [2.75, 3.05) is 44.7 Å². The van der Waals surface area contributed by atoms with Crippen molar-refractivity contribution in [3.63, 3.8) is 0 Å². The number of rotatable bonds is 9. The Morgan fingerprint density at radius 2 is 1.67 bits per heavy atom. The minimum atomic E-state index is -0.536. The molecule has 1 atom stereocenters. The highest BCUT2D eigenvalue weighted by Gasteiger charge is 2.36. The van der Waals surface area contributed by atoms with Crippen LogP contribution >= 0.6 is 0 Å². The van der Waals surface area contributed by atoms with Gasteiger partial charge >= 0.3 is 5.97 Å². The van der Waals surface area contributed by atoms with Crippen LogP contribution in [0.15, 0.2) is 36.4 Å². The van der Waals surface area contributed by atoms with Crippen molar-refractivity contribution >= 4 is 29.2 Å². The summed E-state index contributed by atoms with van der Waals surface area (Å²) in [6, 6.07) is 9.80. The van der Waals surface area contributed by atoms with E-state index in [1.165, 1.54) is 26.2 Å². The zero-order valence-electron chi connectivity index (χ0n) is 19.2. The first kappa shape index (κ1) is 23.9. The van der Waals surface area contributed by atoms with Gasteiger partial charge in [-0.3, -0.25) is 9.59 Å². The second-order valence-electron chi connectivity index (χ2n) is 7.49. The zero-order valence-corrected chi connectivity index (χ0v) is 19.2. The topological polar surface area (TPSA) is 103 Å². The number of carbonyl (C=O) groups is 3. The fourth-order valence-corrected chi connectivity index (χ4v) is 3.57. The number of esters is 1. The highest BCUT2D eigenvalue weighted by molar-refractivity contribution is 6.04. The number of ether oxygens (including phenoxy) is 4. The van der Waals surface area contributed by atoms with Gasteiger partial charge in [-0.05, 0) is 30.7 Å². The third kappa shape index (κ3) is 5.36. The van der Waals surface area contributed by atoms with Crippen LogP contribution < -0.4 is 24.4 Å². The minimum absolute atomic E-state index is 0.0733. The Balaban J connectivity index is 1.69. The normalized spacial score (nSPS) is 15.2. The van der Waals surface area contributed by atoms with Gasteiger partial charge < -0.3 is 29.2 Å². The van der Waals surface area contributed by atoms with Crippen LogP contribution in [0.3, 0.4) is 0 Å². The monoisotopic (exact) mass is 456 g/mol. The van der Waals surface area contributed by atoms with Crippen LogP contribution in [0.4, 0.5) is 11.4 Å². The van der Waals surface area contributed by atoms with E-state index < -0.39 is 11.9 Å². The highest BCUT2D eigenvalue weighted by atomic mass is 16.5.